The summed E-state index contributed by atoms with van der Waals surface area (Å²) in [4.78, 5) is 27.7. The van der Waals surface area contributed by atoms with Crippen molar-refractivity contribution in [1.29, 1.82) is 0 Å². The first-order valence-electron chi connectivity index (χ1n) is 6.92. The number of nitrogens with zero attached hydrogens (tertiary/aromatic N) is 1. The van der Waals surface area contributed by atoms with Gasteiger partial charge in [0.15, 0.2) is 11.5 Å². The minimum atomic E-state index is -1.01. The first-order chi connectivity index (χ1) is 11.1. The first-order valence-corrected chi connectivity index (χ1v) is 7.74. The molecule has 120 valence electrons. The molecule has 8 heteroatoms. The number of fused-ring (bicyclic) bond motifs is 1. The summed E-state index contributed by atoms with van der Waals surface area (Å²) in [7, 11) is 0. The minimum absolute atomic E-state index is 0.155. The van der Waals surface area contributed by atoms with E-state index in [2.05, 4.69) is 10.3 Å². The van der Waals surface area contributed by atoms with Crippen LogP contribution in [0.4, 0.5) is 0 Å². The monoisotopic (exact) mass is 334 g/mol. The number of carbonyl (C=O) groups is 2. The third-order valence-electron chi connectivity index (χ3n) is 3.25. The number of carboxylic acids is 1. The zero-order valence-corrected chi connectivity index (χ0v) is 13.1. The molecular formula is C15H14N2O5S. The molecule has 0 fully saturated rings. The van der Waals surface area contributed by atoms with Crippen molar-refractivity contribution >= 4 is 23.2 Å². The van der Waals surface area contributed by atoms with E-state index in [9.17, 15) is 9.59 Å². The summed E-state index contributed by atoms with van der Waals surface area (Å²) in [5.74, 6) is -0.364. The van der Waals surface area contributed by atoms with Crippen LogP contribution in [0.1, 0.15) is 30.7 Å². The molecule has 2 N–H and O–H groups in total. The van der Waals surface area contributed by atoms with Gasteiger partial charge in [-0.2, -0.15) is 0 Å². The second-order valence-electron chi connectivity index (χ2n) is 4.84. The van der Waals surface area contributed by atoms with Crippen molar-refractivity contribution in [2.75, 3.05) is 13.2 Å². The van der Waals surface area contributed by atoms with Crippen LogP contribution in [0.5, 0.6) is 11.5 Å². The molecule has 0 spiro atoms. The SMILES string of the molecule is Cc1nc(CNC(=O)c2cccc3c2OCCO3)sc1C(=O)O. The van der Waals surface area contributed by atoms with E-state index < -0.39 is 5.97 Å². The second-order valence-corrected chi connectivity index (χ2v) is 5.92. The summed E-state index contributed by atoms with van der Waals surface area (Å²) in [6.07, 6.45) is 0. The van der Waals surface area contributed by atoms with Crippen LogP contribution in [0.25, 0.3) is 0 Å². The van der Waals surface area contributed by atoms with E-state index in [4.69, 9.17) is 14.6 Å². The van der Waals surface area contributed by atoms with Crippen LogP contribution < -0.4 is 14.8 Å². The second kappa shape index (κ2) is 6.25. The number of amides is 1. The highest BCUT2D eigenvalue weighted by Crippen LogP contribution is 2.33. The van der Waals surface area contributed by atoms with Crippen LogP contribution in [0.3, 0.4) is 0 Å². The van der Waals surface area contributed by atoms with Gasteiger partial charge < -0.3 is 19.9 Å². The average molecular weight is 334 g/mol. The Morgan fingerprint density at radius 1 is 1.35 bits per heavy atom. The largest absolute Gasteiger partial charge is 0.486 e. The molecule has 0 radical (unpaired) electrons. The fraction of sp³-hybridized carbons (Fsp3) is 0.267. The molecule has 7 nitrogen and oxygen atoms in total. The maximum absolute atomic E-state index is 12.3. The van der Waals surface area contributed by atoms with Crippen molar-refractivity contribution in [2.45, 2.75) is 13.5 Å². The number of ether oxygens (including phenoxy) is 2. The van der Waals surface area contributed by atoms with Crippen LogP contribution in [-0.4, -0.2) is 35.2 Å². The molecule has 1 aliphatic rings. The predicted molar refractivity (Wildman–Crippen MR) is 82.4 cm³/mol. The third kappa shape index (κ3) is 3.11. The molecule has 0 atom stereocenters. The number of aromatic carboxylic acids is 1. The molecule has 2 heterocycles. The quantitative estimate of drug-likeness (QED) is 0.885. The summed E-state index contributed by atoms with van der Waals surface area (Å²) < 4.78 is 10.9. The maximum Gasteiger partial charge on any atom is 0.347 e. The molecule has 23 heavy (non-hydrogen) atoms. The van der Waals surface area contributed by atoms with E-state index in [0.29, 0.717) is 41.0 Å². The molecule has 1 aromatic carbocycles. The lowest BCUT2D eigenvalue weighted by Crippen LogP contribution is -2.25. The first kappa shape index (κ1) is 15.3. The smallest absolute Gasteiger partial charge is 0.347 e. The number of benzene rings is 1. The number of carbonyl (C=O) groups excluding carboxylic acids is 1. The van der Waals surface area contributed by atoms with Gasteiger partial charge in [-0.25, -0.2) is 9.78 Å². The normalized spacial score (nSPS) is 12.7. The van der Waals surface area contributed by atoms with E-state index in [1.54, 1.807) is 25.1 Å². The lowest BCUT2D eigenvalue weighted by atomic mass is 10.1. The average Bonchev–Trinajstić information content (AvgIpc) is 2.93. The molecule has 0 saturated carbocycles. The van der Waals surface area contributed by atoms with Crippen molar-refractivity contribution < 1.29 is 24.2 Å². The van der Waals surface area contributed by atoms with E-state index in [1.807, 2.05) is 0 Å². The van der Waals surface area contributed by atoms with Crippen LogP contribution in [0, 0.1) is 6.92 Å². The Bertz CT molecular complexity index is 771. The van der Waals surface area contributed by atoms with Crippen molar-refractivity contribution in [3.63, 3.8) is 0 Å². The van der Waals surface area contributed by atoms with Crippen molar-refractivity contribution in [1.82, 2.24) is 10.3 Å². The topological polar surface area (TPSA) is 97.8 Å². The number of aromatic nitrogens is 1. The predicted octanol–water partition coefficient (Wildman–Crippen LogP) is 1.85. The Morgan fingerprint density at radius 3 is 2.87 bits per heavy atom. The molecule has 0 aliphatic carbocycles. The summed E-state index contributed by atoms with van der Waals surface area (Å²) in [5, 5.41) is 12.3. The Balaban J connectivity index is 1.73. The Kier molecular flexibility index (Phi) is 4.16. The van der Waals surface area contributed by atoms with Gasteiger partial charge in [0.2, 0.25) is 0 Å². The molecule has 0 saturated heterocycles. The summed E-state index contributed by atoms with van der Waals surface area (Å²) in [6.45, 7) is 2.63. The van der Waals surface area contributed by atoms with E-state index >= 15 is 0 Å². The van der Waals surface area contributed by atoms with Crippen molar-refractivity contribution in [2.24, 2.45) is 0 Å². The minimum Gasteiger partial charge on any atom is -0.486 e. The highest BCUT2D eigenvalue weighted by molar-refractivity contribution is 7.13. The van der Waals surface area contributed by atoms with E-state index in [1.165, 1.54) is 0 Å². The van der Waals surface area contributed by atoms with E-state index in [-0.39, 0.29) is 17.3 Å². The summed E-state index contributed by atoms with van der Waals surface area (Å²) in [6, 6.07) is 5.12. The fourth-order valence-corrected chi connectivity index (χ4v) is 3.07. The van der Waals surface area contributed by atoms with Gasteiger partial charge in [0.25, 0.3) is 5.91 Å². The zero-order valence-electron chi connectivity index (χ0n) is 12.3. The van der Waals surface area contributed by atoms with Gasteiger partial charge in [-0.15, -0.1) is 11.3 Å². The van der Waals surface area contributed by atoms with Gasteiger partial charge in [0, 0.05) is 0 Å². The fourth-order valence-electron chi connectivity index (χ4n) is 2.23. The Labute approximate surface area is 135 Å². The molecule has 0 unspecified atom stereocenters. The number of hydrogen-bond acceptors (Lipinski definition) is 6. The van der Waals surface area contributed by atoms with Crippen LogP contribution >= 0.6 is 11.3 Å². The number of para-hydroxylation sites is 1. The highest BCUT2D eigenvalue weighted by atomic mass is 32.1. The van der Waals surface area contributed by atoms with Gasteiger partial charge in [0.1, 0.15) is 23.1 Å². The van der Waals surface area contributed by atoms with Crippen molar-refractivity contribution in [3.05, 3.63) is 39.3 Å². The van der Waals surface area contributed by atoms with Gasteiger partial charge in [-0.1, -0.05) is 6.07 Å². The molecular weight excluding hydrogens is 320 g/mol. The number of nitrogens with one attached hydrogen (secondary N) is 1. The number of rotatable bonds is 4. The van der Waals surface area contributed by atoms with Gasteiger partial charge >= 0.3 is 5.97 Å². The van der Waals surface area contributed by atoms with Gasteiger partial charge in [-0.3, -0.25) is 4.79 Å². The standard InChI is InChI=1S/C15H14N2O5S/c1-8-13(15(19)20)23-11(17-8)7-16-14(18)9-3-2-4-10-12(9)22-6-5-21-10/h2-4H,5-7H2,1H3,(H,16,18)(H,19,20). The van der Waals surface area contributed by atoms with Gasteiger partial charge in [0.05, 0.1) is 17.8 Å². The van der Waals surface area contributed by atoms with Crippen LogP contribution in [0.15, 0.2) is 18.2 Å². The lowest BCUT2D eigenvalue weighted by Gasteiger charge is -2.20. The molecule has 2 aromatic rings. The molecule has 3 rings (SSSR count). The summed E-state index contributed by atoms with van der Waals surface area (Å²) >= 11 is 1.05. The molecule has 0 bridgehead atoms. The van der Waals surface area contributed by atoms with Crippen LogP contribution in [0.2, 0.25) is 0 Å². The molecule has 1 aliphatic heterocycles. The number of carboxylic acid groups (broad SMARTS) is 1. The number of thiazole rings is 1. The van der Waals surface area contributed by atoms with Crippen LogP contribution in [-0.2, 0) is 6.54 Å². The van der Waals surface area contributed by atoms with E-state index in [0.717, 1.165) is 11.3 Å². The third-order valence-corrected chi connectivity index (χ3v) is 4.39. The number of hydrogen-bond donors (Lipinski definition) is 2. The van der Waals surface area contributed by atoms with Crippen molar-refractivity contribution in [3.8, 4) is 11.5 Å². The van der Waals surface area contributed by atoms with Gasteiger partial charge in [-0.05, 0) is 19.1 Å². The highest BCUT2D eigenvalue weighted by Gasteiger charge is 2.21. The zero-order chi connectivity index (χ0) is 16.4. The number of aryl methyl sites for hydroxylation is 1. The molecule has 1 amide bonds. The summed E-state index contributed by atoms with van der Waals surface area (Å²) in [5.41, 5.74) is 0.828. The molecule has 1 aromatic heterocycles. The maximum atomic E-state index is 12.3. The Hall–Kier alpha value is -2.61. The Morgan fingerprint density at radius 2 is 2.13 bits per heavy atom. The lowest BCUT2D eigenvalue weighted by molar-refractivity contribution is 0.0701.